The largest absolute Gasteiger partial charge is 0.393 e. The van der Waals surface area contributed by atoms with Crippen LogP contribution in [0.4, 0.5) is 0 Å². The average Bonchev–Trinajstić information content (AvgIpc) is 3.00. The molecular formula is C22H35NO2. The SMILES string of the molecule is C[C@H](O)[C@@H](C)C1CCC2C3CC=C4C[C@@H](O)CCC4C3CC[C@@]21C=N. The zero-order valence-electron chi connectivity index (χ0n) is 15.8. The van der Waals surface area contributed by atoms with Crippen molar-refractivity contribution in [1.82, 2.24) is 0 Å². The Kier molecular flexibility index (Phi) is 4.60. The monoisotopic (exact) mass is 345 g/mol. The van der Waals surface area contributed by atoms with Crippen molar-refractivity contribution in [2.24, 2.45) is 40.9 Å². The summed E-state index contributed by atoms with van der Waals surface area (Å²) in [5.41, 5.74) is 1.56. The van der Waals surface area contributed by atoms with Crippen LogP contribution in [0.2, 0.25) is 0 Å². The Morgan fingerprint density at radius 1 is 1.16 bits per heavy atom. The van der Waals surface area contributed by atoms with E-state index in [-0.39, 0.29) is 23.5 Å². The van der Waals surface area contributed by atoms with Gasteiger partial charge in [-0.2, -0.15) is 0 Å². The van der Waals surface area contributed by atoms with Gasteiger partial charge in [-0.25, -0.2) is 0 Å². The molecule has 0 saturated heterocycles. The normalized spacial score (nSPS) is 48.6. The van der Waals surface area contributed by atoms with Crippen LogP contribution in [0.1, 0.15) is 65.2 Å². The quantitative estimate of drug-likeness (QED) is 0.530. The fraction of sp³-hybridized carbons (Fsp3) is 0.864. The molecular weight excluding hydrogens is 310 g/mol. The van der Waals surface area contributed by atoms with Gasteiger partial charge in [-0.15, -0.1) is 0 Å². The van der Waals surface area contributed by atoms with Gasteiger partial charge in [0.2, 0.25) is 0 Å². The molecule has 140 valence electrons. The lowest BCUT2D eigenvalue weighted by Gasteiger charge is -2.54. The van der Waals surface area contributed by atoms with E-state index in [1.165, 1.54) is 24.8 Å². The van der Waals surface area contributed by atoms with Crippen LogP contribution in [0.3, 0.4) is 0 Å². The average molecular weight is 346 g/mol. The Bertz CT molecular complexity index is 556. The third-order valence-corrected chi connectivity index (χ3v) is 8.74. The molecule has 0 aromatic heterocycles. The number of hydrogen-bond acceptors (Lipinski definition) is 3. The number of nitrogens with one attached hydrogen (secondary N) is 1. The molecule has 5 unspecified atom stereocenters. The van der Waals surface area contributed by atoms with Crippen molar-refractivity contribution in [3.05, 3.63) is 11.6 Å². The summed E-state index contributed by atoms with van der Waals surface area (Å²) in [5, 5.41) is 28.6. The molecule has 0 aromatic rings. The van der Waals surface area contributed by atoms with Gasteiger partial charge < -0.3 is 15.6 Å². The first kappa shape index (κ1) is 17.7. The van der Waals surface area contributed by atoms with E-state index in [1.807, 2.05) is 6.92 Å². The fourth-order valence-corrected chi connectivity index (χ4v) is 7.39. The van der Waals surface area contributed by atoms with E-state index in [2.05, 4.69) is 13.0 Å². The molecule has 0 aromatic carbocycles. The second-order valence-corrected chi connectivity index (χ2v) is 9.57. The minimum atomic E-state index is -0.281. The van der Waals surface area contributed by atoms with Crippen molar-refractivity contribution >= 4 is 6.21 Å². The van der Waals surface area contributed by atoms with Gasteiger partial charge in [0.05, 0.1) is 12.2 Å². The molecule has 3 N–H and O–H groups in total. The highest BCUT2D eigenvalue weighted by Crippen LogP contribution is 2.64. The maximum Gasteiger partial charge on any atom is 0.0577 e. The summed E-state index contributed by atoms with van der Waals surface area (Å²) in [4.78, 5) is 0. The molecule has 25 heavy (non-hydrogen) atoms. The topological polar surface area (TPSA) is 64.3 Å². The molecule has 0 spiro atoms. The van der Waals surface area contributed by atoms with Crippen molar-refractivity contribution in [3.8, 4) is 0 Å². The van der Waals surface area contributed by atoms with Crippen LogP contribution in [0, 0.1) is 46.3 Å². The molecule has 4 rings (SSSR count). The lowest BCUT2D eigenvalue weighted by Crippen LogP contribution is -2.49. The zero-order valence-corrected chi connectivity index (χ0v) is 15.8. The maximum atomic E-state index is 10.2. The van der Waals surface area contributed by atoms with Crippen molar-refractivity contribution in [3.63, 3.8) is 0 Å². The summed E-state index contributed by atoms with van der Waals surface area (Å²) < 4.78 is 0. The van der Waals surface area contributed by atoms with Gasteiger partial charge in [0.15, 0.2) is 0 Å². The lowest BCUT2D eigenvalue weighted by molar-refractivity contribution is -0.0128. The Balaban J connectivity index is 1.62. The van der Waals surface area contributed by atoms with Crippen molar-refractivity contribution < 1.29 is 10.2 Å². The van der Waals surface area contributed by atoms with E-state index in [0.29, 0.717) is 23.7 Å². The molecule has 3 fully saturated rings. The number of hydrogen-bond donors (Lipinski definition) is 3. The smallest absolute Gasteiger partial charge is 0.0577 e. The van der Waals surface area contributed by atoms with Crippen LogP contribution >= 0.6 is 0 Å². The minimum absolute atomic E-state index is 0.0249. The van der Waals surface area contributed by atoms with Crippen LogP contribution < -0.4 is 0 Å². The number of aliphatic hydroxyl groups is 2. The van der Waals surface area contributed by atoms with E-state index in [0.717, 1.165) is 38.0 Å². The van der Waals surface area contributed by atoms with Crippen LogP contribution in [0.5, 0.6) is 0 Å². The number of allylic oxidation sites excluding steroid dienone is 1. The van der Waals surface area contributed by atoms with Crippen LogP contribution in [0.25, 0.3) is 0 Å². The molecule has 0 bridgehead atoms. The lowest BCUT2D eigenvalue weighted by atomic mass is 9.50. The maximum absolute atomic E-state index is 10.2. The molecule has 3 heteroatoms. The Morgan fingerprint density at radius 3 is 2.68 bits per heavy atom. The van der Waals surface area contributed by atoms with Crippen molar-refractivity contribution in [1.29, 1.82) is 5.41 Å². The summed E-state index contributed by atoms with van der Waals surface area (Å²) in [5.74, 6) is 3.55. The third kappa shape index (κ3) is 2.65. The summed E-state index contributed by atoms with van der Waals surface area (Å²) in [6, 6.07) is 0. The highest BCUT2D eigenvalue weighted by molar-refractivity contribution is 5.65. The first-order chi connectivity index (χ1) is 12.0. The molecule has 0 aliphatic heterocycles. The van der Waals surface area contributed by atoms with Gasteiger partial charge in [0, 0.05) is 11.6 Å². The number of fused-ring (bicyclic) bond motifs is 5. The molecule has 3 saturated carbocycles. The molecule has 9 atom stereocenters. The standard InChI is InChI=1S/C22H35NO2/c1-13(14(2)24)20-7-8-21-19-5-3-15-11-16(25)4-6-17(15)18(19)9-10-22(20,21)12-23/h3,12-14,16-21,23-25H,4-11H2,1-2H3/t13-,14+,16+,17?,18?,19?,20?,21?,22+/m1/s1. The predicted molar refractivity (Wildman–Crippen MR) is 101 cm³/mol. The first-order valence-corrected chi connectivity index (χ1v) is 10.5. The van der Waals surface area contributed by atoms with Crippen LogP contribution in [-0.2, 0) is 0 Å². The summed E-state index contributed by atoms with van der Waals surface area (Å²) in [7, 11) is 0. The second-order valence-electron chi connectivity index (χ2n) is 9.57. The van der Waals surface area contributed by atoms with Gasteiger partial charge in [-0.3, -0.25) is 0 Å². The molecule has 0 radical (unpaired) electrons. The molecule has 4 aliphatic carbocycles. The van der Waals surface area contributed by atoms with Crippen LogP contribution in [0.15, 0.2) is 11.6 Å². The highest BCUT2D eigenvalue weighted by Gasteiger charge is 2.58. The third-order valence-electron chi connectivity index (χ3n) is 8.74. The fourth-order valence-electron chi connectivity index (χ4n) is 7.39. The van der Waals surface area contributed by atoms with Crippen molar-refractivity contribution in [2.45, 2.75) is 77.4 Å². The number of aliphatic hydroxyl groups excluding tert-OH is 2. The first-order valence-electron chi connectivity index (χ1n) is 10.5. The van der Waals surface area contributed by atoms with E-state index in [4.69, 9.17) is 5.41 Å². The molecule has 0 amide bonds. The van der Waals surface area contributed by atoms with Gasteiger partial charge in [-0.1, -0.05) is 18.6 Å². The minimum Gasteiger partial charge on any atom is -0.393 e. The van der Waals surface area contributed by atoms with Crippen LogP contribution in [-0.4, -0.2) is 28.6 Å². The molecule has 0 heterocycles. The Hall–Kier alpha value is -0.670. The summed E-state index contributed by atoms with van der Waals surface area (Å²) in [6.07, 6.45) is 12.8. The van der Waals surface area contributed by atoms with E-state index in [9.17, 15) is 10.2 Å². The molecule has 4 aliphatic rings. The Morgan fingerprint density at radius 2 is 1.96 bits per heavy atom. The Labute approximate surface area is 152 Å². The van der Waals surface area contributed by atoms with Crippen molar-refractivity contribution in [2.75, 3.05) is 0 Å². The second kappa shape index (κ2) is 6.49. The predicted octanol–water partition coefficient (Wildman–Crippen LogP) is 4.18. The van der Waals surface area contributed by atoms with E-state index < -0.39 is 0 Å². The van der Waals surface area contributed by atoms with Gasteiger partial charge in [0.1, 0.15) is 0 Å². The summed E-state index contributed by atoms with van der Waals surface area (Å²) in [6.45, 7) is 4.11. The number of rotatable bonds is 3. The van der Waals surface area contributed by atoms with E-state index in [1.54, 1.807) is 6.21 Å². The van der Waals surface area contributed by atoms with Gasteiger partial charge >= 0.3 is 0 Å². The summed E-state index contributed by atoms with van der Waals surface area (Å²) >= 11 is 0. The van der Waals surface area contributed by atoms with E-state index >= 15 is 0 Å². The van der Waals surface area contributed by atoms with Gasteiger partial charge in [0.25, 0.3) is 0 Å². The van der Waals surface area contributed by atoms with Gasteiger partial charge in [-0.05, 0) is 93.8 Å². The zero-order chi connectivity index (χ0) is 17.8. The highest BCUT2D eigenvalue weighted by atomic mass is 16.3. The molecule has 3 nitrogen and oxygen atoms in total.